The molecular weight excluding hydrogens is 434 g/mol. The number of carbonyl (C=O) groups excluding carboxylic acids is 1. The van der Waals surface area contributed by atoms with Crippen LogP contribution in [0.25, 0.3) is 22.6 Å². The van der Waals surface area contributed by atoms with Gasteiger partial charge in [-0.05, 0) is 75.2 Å². The molecule has 2 amide bonds. The van der Waals surface area contributed by atoms with Crippen LogP contribution in [-0.2, 0) is 0 Å². The van der Waals surface area contributed by atoms with E-state index in [2.05, 4.69) is 0 Å². The number of hydrogen-bond acceptors (Lipinski definition) is 6. The molecule has 0 bridgehead atoms. The zero-order valence-corrected chi connectivity index (χ0v) is 20.0. The Hall–Kier alpha value is -3.52. The highest BCUT2D eigenvalue weighted by atomic mass is 16.5. The molecule has 0 saturated carbocycles. The van der Waals surface area contributed by atoms with Crippen molar-refractivity contribution in [1.82, 2.24) is 14.9 Å². The summed E-state index contributed by atoms with van der Waals surface area (Å²) in [7, 11) is 2.98. The van der Waals surface area contributed by atoms with Crippen LogP contribution in [0, 0.1) is 0 Å². The van der Waals surface area contributed by atoms with Crippen molar-refractivity contribution in [2.75, 3.05) is 27.2 Å². The van der Waals surface area contributed by atoms with Gasteiger partial charge in [0, 0.05) is 37.2 Å². The fraction of sp³-hybridized carbons (Fsp3) is 0.385. The van der Waals surface area contributed by atoms with Gasteiger partial charge in [-0.1, -0.05) is 0 Å². The van der Waals surface area contributed by atoms with Gasteiger partial charge in [0.15, 0.2) is 11.7 Å². The molecule has 0 spiro atoms. The predicted octanol–water partition coefficient (Wildman–Crippen LogP) is 5.42. The number of aromatic nitrogens is 1. The molecule has 34 heavy (non-hydrogen) atoms. The molecule has 1 N–H and O–H groups in total. The highest BCUT2D eigenvalue weighted by molar-refractivity contribution is 5.77. The minimum atomic E-state index is -0.394. The largest absolute Gasteiger partial charge is 0.497 e. The third-order valence-corrected chi connectivity index (χ3v) is 5.89. The van der Waals surface area contributed by atoms with E-state index < -0.39 is 6.03 Å². The van der Waals surface area contributed by atoms with Crippen LogP contribution in [0.5, 0.6) is 11.5 Å². The van der Waals surface area contributed by atoms with Crippen LogP contribution in [-0.4, -0.2) is 59.5 Å². The van der Waals surface area contributed by atoms with Gasteiger partial charge in [-0.15, -0.1) is 0 Å². The van der Waals surface area contributed by atoms with E-state index in [1.807, 2.05) is 62.4 Å². The molecule has 0 aliphatic carbocycles. The second-order valence-electron chi connectivity index (χ2n) is 8.72. The van der Waals surface area contributed by atoms with Gasteiger partial charge < -0.3 is 18.8 Å². The van der Waals surface area contributed by atoms with E-state index >= 15 is 0 Å². The monoisotopic (exact) mass is 465 g/mol. The number of rotatable bonds is 6. The maximum atomic E-state index is 12.1. The van der Waals surface area contributed by atoms with E-state index in [4.69, 9.17) is 18.9 Å². The van der Waals surface area contributed by atoms with Crippen LogP contribution < -0.4 is 9.47 Å². The molecule has 1 aliphatic heterocycles. The molecule has 3 aromatic rings. The van der Waals surface area contributed by atoms with Gasteiger partial charge in [-0.3, -0.25) is 5.21 Å². The minimum absolute atomic E-state index is 0.0855. The van der Waals surface area contributed by atoms with E-state index in [0.29, 0.717) is 42.6 Å². The first-order chi connectivity index (χ1) is 16.4. The van der Waals surface area contributed by atoms with Crippen molar-refractivity contribution < 1.29 is 23.9 Å². The molecule has 0 atom stereocenters. The standard InChI is InChI=1S/C26H31N3O5/c1-17(2)33-22-11-7-19(8-12-22)24-23(18-5-9-21(32-4)10-6-18)27-25(34-24)20-13-15-29(16-14-20)26(30)28(3)31/h5-12,17,20,31H,13-16H2,1-4H3. The maximum Gasteiger partial charge on any atom is 0.343 e. The van der Waals surface area contributed by atoms with Gasteiger partial charge >= 0.3 is 6.03 Å². The predicted molar refractivity (Wildman–Crippen MR) is 128 cm³/mol. The van der Waals surface area contributed by atoms with Crippen LogP contribution in [0.1, 0.15) is 38.5 Å². The molecule has 0 radical (unpaired) electrons. The molecule has 1 saturated heterocycles. The van der Waals surface area contributed by atoms with Crippen molar-refractivity contribution in [2.45, 2.75) is 38.7 Å². The Morgan fingerprint density at radius 1 is 1.06 bits per heavy atom. The summed E-state index contributed by atoms with van der Waals surface area (Å²) in [6.45, 7) is 5.06. The summed E-state index contributed by atoms with van der Waals surface area (Å²) in [4.78, 5) is 18.6. The maximum absolute atomic E-state index is 12.1. The Bertz CT molecular complexity index is 1100. The number of amides is 2. The molecule has 8 nitrogen and oxygen atoms in total. The van der Waals surface area contributed by atoms with E-state index in [9.17, 15) is 10.0 Å². The highest BCUT2D eigenvalue weighted by Gasteiger charge is 2.29. The average Bonchev–Trinajstić information content (AvgIpc) is 3.29. The molecule has 1 aliphatic rings. The summed E-state index contributed by atoms with van der Waals surface area (Å²) in [5.41, 5.74) is 2.61. The Morgan fingerprint density at radius 3 is 2.21 bits per heavy atom. The SMILES string of the molecule is COc1ccc(-c2nc(C3CCN(C(=O)N(C)O)CC3)oc2-c2ccc(OC(C)C)cc2)cc1. The molecule has 1 aromatic heterocycles. The van der Waals surface area contributed by atoms with Crippen molar-refractivity contribution in [2.24, 2.45) is 0 Å². The number of methoxy groups -OCH3 is 1. The van der Waals surface area contributed by atoms with Crippen molar-refractivity contribution in [1.29, 1.82) is 0 Å². The van der Waals surface area contributed by atoms with Gasteiger partial charge in [0.1, 0.15) is 17.2 Å². The Labute approximate surface area is 199 Å². The van der Waals surface area contributed by atoms with Crippen molar-refractivity contribution in [3.05, 3.63) is 54.4 Å². The third kappa shape index (κ3) is 5.17. The number of ether oxygens (including phenoxy) is 2. The molecule has 2 aromatic carbocycles. The zero-order chi connectivity index (χ0) is 24.2. The summed E-state index contributed by atoms with van der Waals surface area (Å²) in [6.07, 6.45) is 1.52. The van der Waals surface area contributed by atoms with E-state index in [1.54, 1.807) is 12.0 Å². The van der Waals surface area contributed by atoms with E-state index in [1.165, 1.54) is 7.05 Å². The first-order valence-corrected chi connectivity index (χ1v) is 11.5. The zero-order valence-electron chi connectivity index (χ0n) is 20.0. The minimum Gasteiger partial charge on any atom is -0.497 e. The van der Waals surface area contributed by atoms with Crippen LogP contribution in [0.15, 0.2) is 52.9 Å². The molecule has 180 valence electrons. The molecule has 0 unspecified atom stereocenters. The first kappa shape index (κ1) is 23.6. The van der Waals surface area contributed by atoms with Gasteiger partial charge in [-0.25, -0.2) is 14.8 Å². The van der Waals surface area contributed by atoms with Gasteiger partial charge in [0.25, 0.3) is 0 Å². The normalized spacial score (nSPS) is 14.4. The lowest BCUT2D eigenvalue weighted by Gasteiger charge is -2.31. The van der Waals surface area contributed by atoms with Crippen molar-refractivity contribution in [3.8, 4) is 34.1 Å². The molecule has 2 heterocycles. The number of hydrogen-bond donors (Lipinski definition) is 1. The fourth-order valence-electron chi connectivity index (χ4n) is 4.13. The van der Waals surface area contributed by atoms with Gasteiger partial charge in [0.2, 0.25) is 0 Å². The van der Waals surface area contributed by atoms with Crippen LogP contribution in [0.4, 0.5) is 4.79 Å². The number of nitrogens with zero attached hydrogens (tertiary/aromatic N) is 3. The number of oxazole rings is 1. The number of likely N-dealkylation sites (tertiary alicyclic amines) is 1. The molecule has 4 rings (SSSR count). The van der Waals surface area contributed by atoms with E-state index in [0.717, 1.165) is 28.3 Å². The lowest BCUT2D eigenvalue weighted by molar-refractivity contribution is -0.0358. The third-order valence-electron chi connectivity index (χ3n) is 5.89. The Balaban J connectivity index is 1.64. The number of carbonyl (C=O) groups is 1. The lowest BCUT2D eigenvalue weighted by Crippen LogP contribution is -2.43. The Kier molecular flexibility index (Phi) is 7.07. The average molecular weight is 466 g/mol. The van der Waals surface area contributed by atoms with Crippen LogP contribution in [0.2, 0.25) is 0 Å². The van der Waals surface area contributed by atoms with E-state index in [-0.39, 0.29) is 12.0 Å². The topological polar surface area (TPSA) is 88.3 Å². The molecule has 8 heteroatoms. The quantitative estimate of drug-likeness (QED) is 0.386. The van der Waals surface area contributed by atoms with Crippen molar-refractivity contribution in [3.63, 3.8) is 0 Å². The number of hydroxylamine groups is 2. The van der Waals surface area contributed by atoms with Crippen LogP contribution in [0.3, 0.4) is 0 Å². The number of urea groups is 1. The summed E-state index contributed by atoms with van der Waals surface area (Å²) in [5.74, 6) is 3.02. The Morgan fingerprint density at radius 2 is 1.65 bits per heavy atom. The highest BCUT2D eigenvalue weighted by Crippen LogP contribution is 2.38. The summed E-state index contributed by atoms with van der Waals surface area (Å²) < 4.78 is 17.4. The number of piperidine rings is 1. The van der Waals surface area contributed by atoms with Gasteiger partial charge in [-0.2, -0.15) is 0 Å². The lowest BCUT2D eigenvalue weighted by atomic mass is 9.97. The molecule has 1 fully saturated rings. The van der Waals surface area contributed by atoms with Crippen molar-refractivity contribution >= 4 is 6.03 Å². The first-order valence-electron chi connectivity index (χ1n) is 11.5. The fourth-order valence-corrected chi connectivity index (χ4v) is 4.13. The summed E-state index contributed by atoms with van der Waals surface area (Å²) >= 11 is 0. The smallest absolute Gasteiger partial charge is 0.343 e. The molecular formula is C26H31N3O5. The summed E-state index contributed by atoms with van der Waals surface area (Å²) in [5, 5.41) is 10.1. The number of benzene rings is 2. The van der Waals surface area contributed by atoms with Crippen LogP contribution >= 0.6 is 0 Å². The van der Waals surface area contributed by atoms with Gasteiger partial charge in [0.05, 0.1) is 13.2 Å². The second-order valence-corrected chi connectivity index (χ2v) is 8.72. The summed E-state index contributed by atoms with van der Waals surface area (Å²) in [6, 6.07) is 15.2. The second kappa shape index (κ2) is 10.2.